The molecule has 176 valence electrons. The van der Waals surface area contributed by atoms with Crippen molar-refractivity contribution in [3.8, 4) is 0 Å². The van der Waals surface area contributed by atoms with Crippen LogP contribution in [0.5, 0.6) is 0 Å². The minimum Gasteiger partial charge on any atom is -0.381 e. The molecule has 0 radical (unpaired) electrons. The molecular weight excluding hydrogens is 406 g/mol. The molecule has 2 aliphatic rings. The van der Waals surface area contributed by atoms with Gasteiger partial charge in [-0.3, -0.25) is 14.8 Å². The van der Waals surface area contributed by atoms with Gasteiger partial charge in [-0.1, -0.05) is 38.5 Å². The van der Waals surface area contributed by atoms with Crippen molar-refractivity contribution >= 4 is 24.2 Å². The minimum absolute atomic E-state index is 0.0943. The smallest absolute Gasteiger partial charge is 0.220 e. The van der Waals surface area contributed by atoms with Crippen LogP contribution in [0.2, 0.25) is 0 Å². The first-order chi connectivity index (χ1) is 15.1. The summed E-state index contributed by atoms with van der Waals surface area (Å²) in [4.78, 5) is 20.8. The topological polar surface area (TPSA) is 63.6 Å². The highest BCUT2D eigenvalue weighted by Crippen LogP contribution is 2.16. The van der Waals surface area contributed by atoms with Crippen molar-refractivity contribution in [3.63, 3.8) is 0 Å². The van der Waals surface area contributed by atoms with Gasteiger partial charge in [0, 0.05) is 56.4 Å². The lowest BCUT2D eigenvalue weighted by atomic mass is 9.99. The molecule has 1 aromatic heterocycles. The van der Waals surface area contributed by atoms with Crippen LogP contribution in [-0.2, 0) is 9.53 Å². The van der Waals surface area contributed by atoms with E-state index in [-0.39, 0.29) is 5.91 Å². The average molecular weight is 450 g/mol. The summed E-state index contributed by atoms with van der Waals surface area (Å²) in [5, 5.41) is 3.05. The lowest BCUT2D eigenvalue weighted by molar-refractivity contribution is -0.121. The van der Waals surface area contributed by atoms with Gasteiger partial charge in [-0.2, -0.15) is 12.6 Å². The number of amides is 1. The number of aliphatic imine (C=N–C) groups is 1. The van der Waals surface area contributed by atoms with Crippen LogP contribution >= 0.6 is 12.6 Å². The zero-order valence-corrected chi connectivity index (χ0v) is 21.0. The molecular formula is C25H43N3O2S. The molecule has 31 heavy (non-hydrogen) atoms. The average Bonchev–Trinajstić information content (AvgIpc) is 2.83. The van der Waals surface area contributed by atoms with Crippen LogP contribution < -0.4 is 5.32 Å². The van der Waals surface area contributed by atoms with Crippen molar-refractivity contribution in [2.45, 2.75) is 78.1 Å². The van der Waals surface area contributed by atoms with Crippen LogP contribution in [0.15, 0.2) is 17.3 Å². The van der Waals surface area contributed by atoms with Gasteiger partial charge in [0.05, 0.1) is 0 Å². The molecule has 1 aliphatic heterocycles. The van der Waals surface area contributed by atoms with E-state index < -0.39 is 0 Å². The third kappa shape index (κ3) is 11.2. The molecule has 1 aliphatic carbocycles. The molecule has 1 aromatic rings. The van der Waals surface area contributed by atoms with Crippen LogP contribution in [0.3, 0.4) is 0 Å². The van der Waals surface area contributed by atoms with Gasteiger partial charge >= 0.3 is 0 Å². The molecule has 0 aromatic carbocycles. The van der Waals surface area contributed by atoms with E-state index in [0.29, 0.717) is 18.8 Å². The number of hydrogen-bond donors (Lipinski definition) is 2. The molecule has 3 rings (SSSR count). The van der Waals surface area contributed by atoms with Crippen LogP contribution in [-0.4, -0.2) is 49.7 Å². The van der Waals surface area contributed by atoms with Crippen LogP contribution in [0.1, 0.15) is 81.0 Å². The van der Waals surface area contributed by atoms with E-state index in [9.17, 15) is 4.79 Å². The number of aromatic nitrogens is 1. The van der Waals surface area contributed by atoms with Crippen molar-refractivity contribution in [2.75, 3.05) is 33.1 Å². The standard InChI is InChI=1S/C18H27N3O2.C6H12.CH4S/c1-13-6-9-20-14(2)18(13)16(19-3)4-5-17(22)21-12-15-7-10-23-11-8-15;1-2-4-6-5-3-1;1-2/h6,9,15H,4-5,7-8,10-12H2,1-3H3,(H,21,22);1-6H2;2H,1H3. The van der Waals surface area contributed by atoms with E-state index in [1.165, 1.54) is 38.5 Å². The Morgan fingerprint density at radius 1 is 1.10 bits per heavy atom. The first-order valence-corrected chi connectivity index (χ1v) is 12.7. The molecule has 0 bridgehead atoms. The maximum atomic E-state index is 12.1. The van der Waals surface area contributed by atoms with E-state index in [1.54, 1.807) is 13.3 Å². The van der Waals surface area contributed by atoms with Crippen molar-refractivity contribution in [1.29, 1.82) is 0 Å². The van der Waals surface area contributed by atoms with Crippen molar-refractivity contribution in [2.24, 2.45) is 10.9 Å². The SMILES string of the molecule is C1CCCCC1.CN=C(CCC(=O)NCC1CCOCC1)c1c(C)ccnc1C.CS. The number of rotatable bonds is 6. The third-order valence-corrected chi connectivity index (χ3v) is 5.93. The molecule has 2 heterocycles. The Balaban J connectivity index is 0.000000508. The lowest BCUT2D eigenvalue weighted by Crippen LogP contribution is -2.32. The summed E-state index contributed by atoms with van der Waals surface area (Å²) < 4.78 is 5.34. The van der Waals surface area contributed by atoms with Crippen LogP contribution in [0.25, 0.3) is 0 Å². The van der Waals surface area contributed by atoms with Gasteiger partial charge in [-0.05, 0) is 56.9 Å². The molecule has 1 amide bonds. The molecule has 0 atom stereocenters. The summed E-state index contributed by atoms with van der Waals surface area (Å²) in [7, 11) is 1.78. The number of ether oxygens (including phenoxy) is 1. The van der Waals surface area contributed by atoms with Crippen molar-refractivity contribution in [1.82, 2.24) is 10.3 Å². The Kier molecular flexibility index (Phi) is 15.3. The molecule has 1 N–H and O–H groups in total. The zero-order valence-electron chi connectivity index (χ0n) is 20.1. The molecule has 6 heteroatoms. The fraction of sp³-hybridized carbons (Fsp3) is 0.720. The Bertz CT molecular complexity index is 622. The van der Waals surface area contributed by atoms with Gasteiger partial charge in [0.25, 0.3) is 0 Å². The summed E-state index contributed by atoms with van der Waals surface area (Å²) in [5.41, 5.74) is 4.15. The van der Waals surface area contributed by atoms with E-state index in [4.69, 9.17) is 4.74 Å². The molecule has 5 nitrogen and oxygen atoms in total. The predicted octanol–water partition coefficient (Wildman–Crippen LogP) is 5.33. The maximum Gasteiger partial charge on any atom is 0.220 e. The van der Waals surface area contributed by atoms with E-state index in [0.717, 1.165) is 55.1 Å². The van der Waals surface area contributed by atoms with Gasteiger partial charge in [0.2, 0.25) is 5.91 Å². The summed E-state index contributed by atoms with van der Waals surface area (Å²) in [6.45, 7) is 6.42. The van der Waals surface area contributed by atoms with E-state index >= 15 is 0 Å². The molecule has 0 unspecified atom stereocenters. The maximum absolute atomic E-state index is 12.1. The highest BCUT2D eigenvalue weighted by Gasteiger charge is 2.16. The Hall–Kier alpha value is -1.40. The molecule has 2 fully saturated rings. The quantitative estimate of drug-likeness (QED) is 0.456. The zero-order chi connectivity index (χ0) is 22.9. The molecule has 1 saturated heterocycles. The highest BCUT2D eigenvalue weighted by atomic mass is 32.1. The fourth-order valence-corrected chi connectivity index (χ4v) is 4.07. The molecule has 0 spiro atoms. The lowest BCUT2D eigenvalue weighted by Gasteiger charge is -2.22. The van der Waals surface area contributed by atoms with Gasteiger partial charge in [-0.25, -0.2) is 0 Å². The number of nitrogens with zero attached hydrogens (tertiary/aromatic N) is 2. The fourth-order valence-electron chi connectivity index (χ4n) is 4.07. The summed E-state index contributed by atoms with van der Waals surface area (Å²) in [6.07, 6.45) is 15.7. The number of aryl methyl sites for hydroxylation is 2. The normalized spacial score (nSPS) is 17.0. The predicted molar refractivity (Wildman–Crippen MR) is 135 cm³/mol. The second-order valence-electron chi connectivity index (χ2n) is 8.24. The largest absolute Gasteiger partial charge is 0.381 e. The van der Waals surface area contributed by atoms with Gasteiger partial charge in [0.1, 0.15) is 0 Å². The van der Waals surface area contributed by atoms with E-state index in [1.807, 2.05) is 19.2 Å². The summed E-state index contributed by atoms with van der Waals surface area (Å²) in [5.74, 6) is 0.645. The van der Waals surface area contributed by atoms with Crippen LogP contribution in [0.4, 0.5) is 0 Å². The molecule has 1 saturated carbocycles. The Labute approximate surface area is 195 Å². The van der Waals surface area contributed by atoms with Crippen molar-refractivity contribution < 1.29 is 9.53 Å². The first kappa shape index (κ1) is 27.6. The van der Waals surface area contributed by atoms with Crippen molar-refractivity contribution in [3.05, 3.63) is 29.1 Å². The number of hydrogen-bond acceptors (Lipinski definition) is 5. The number of thiol groups is 1. The number of carbonyl (C=O) groups excluding carboxylic acids is 1. The van der Waals surface area contributed by atoms with E-state index in [2.05, 4.69) is 34.8 Å². The number of pyridine rings is 1. The summed E-state index contributed by atoms with van der Waals surface area (Å²) >= 11 is 3.53. The second-order valence-corrected chi connectivity index (χ2v) is 8.24. The third-order valence-electron chi connectivity index (χ3n) is 5.93. The number of nitrogens with one attached hydrogen (secondary N) is 1. The Morgan fingerprint density at radius 3 is 2.19 bits per heavy atom. The first-order valence-electron chi connectivity index (χ1n) is 11.8. The summed E-state index contributed by atoms with van der Waals surface area (Å²) in [6, 6.07) is 1.98. The van der Waals surface area contributed by atoms with Crippen LogP contribution in [0, 0.1) is 19.8 Å². The van der Waals surface area contributed by atoms with Gasteiger partial charge < -0.3 is 10.1 Å². The second kappa shape index (κ2) is 17.2. The Morgan fingerprint density at radius 2 is 1.68 bits per heavy atom. The van der Waals surface area contributed by atoms with Gasteiger partial charge in [0.15, 0.2) is 0 Å². The monoisotopic (exact) mass is 449 g/mol. The van der Waals surface area contributed by atoms with Gasteiger partial charge in [-0.15, -0.1) is 0 Å². The minimum atomic E-state index is 0.0943. The highest BCUT2D eigenvalue weighted by molar-refractivity contribution is 7.79. The number of carbonyl (C=O) groups is 1.